The molecule has 106 valence electrons. The fraction of sp³-hybridized carbons (Fsp3) is 0.250. The monoisotopic (exact) mass is 339 g/mol. The second-order valence-electron chi connectivity index (χ2n) is 4.90. The van der Waals surface area contributed by atoms with Crippen molar-refractivity contribution >= 4 is 15.9 Å². The van der Waals surface area contributed by atoms with E-state index in [1.54, 1.807) is 13.1 Å². The average Bonchev–Trinajstić information content (AvgIpc) is 2.32. The maximum Gasteiger partial charge on any atom is 0.128 e. The number of benzene rings is 2. The Hall–Kier alpha value is -1.26. The van der Waals surface area contributed by atoms with Crippen molar-refractivity contribution < 1.29 is 8.78 Å². The molecule has 0 saturated carbocycles. The van der Waals surface area contributed by atoms with Gasteiger partial charge in [-0.2, -0.15) is 0 Å². The summed E-state index contributed by atoms with van der Waals surface area (Å²) in [6.45, 7) is 3.72. The number of rotatable bonds is 3. The quantitative estimate of drug-likeness (QED) is 0.857. The van der Waals surface area contributed by atoms with Crippen LogP contribution >= 0.6 is 15.9 Å². The lowest BCUT2D eigenvalue weighted by Crippen LogP contribution is -2.20. The normalized spacial score (nSPS) is 12.5. The van der Waals surface area contributed by atoms with E-state index in [1.165, 1.54) is 18.2 Å². The molecule has 1 atom stereocenters. The first-order chi connectivity index (χ1) is 9.42. The van der Waals surface area contributed by atoms with Crippen LogP contribution in [0.5, 0.6) is 0 Å². The molecule has 0 fully saturated rings. The van der Waals surface area contributed by atoms with Crippen LogP contribution < -0.4 is 5.32 Å². The number of hydrogen-bond acceptors (Lipinski definition) is 1. The summed E-state index contributed by atoms with van der Waals surface area (Å²) in [5.41, 5.74) is 2.96. The summed E-state index contributed by atoms with van der Waals surface area (Å²) in [6.07, 6.45) is 0. The molecule has 0 aliphatic heterocycles. The zero-order chi connectivity index (χ0) is 14.9. The number of hydrogen-bond donors (Lipinski definition) is 1. The highest BCUT2D eigenvalue weighted by atomic mass is 79.9. The van der Waals surface area contributed by atoms with Gasteiger partial charge < -0.3 is 5.32 Å². The van der Waals surface area contributed by atoms with Gasteiger partial charge in [0.15, 0.2) is 0 Å². The van der Waals surface area contributed by atoms with Crippen LogP contribution in [0.15, 0.2) is 34.8 Å². The van der Waals surface area contributed by atoms with E-state index in [2.05, 4.69) is 21.2 Å². The molecule has 0 aliphatic carbocycles. The van der Waals surface area contributed by atoms with Gasteiger partial charge in [-0.25, -0.2) is 8.78 Å². The second kappa shape index (κ2) is 6.02. The van der Waals surface area contributed by atoms with Crippen molar-refractivity contribution in [2.45, 2.75) is 19.9 Å². The third-order valence-corrected chi connectivity index (χ3v) is 3.73. The van der Waals surface area contributed by atoms with Gasteiger partial charge in [0.1, 0.15) is 11.6 Å². The van der Waals surface area contributed by atoms with Gasteiger partial charge in [-0.1, -0.05) is 22.0 Å². The molecule has 4 heteroatoms. The van der Waals surface area contributed by atoms with Crippen LogP contribution in [-0.2, 0) is 0 Å². The summed E-state index contributed by atoms with van der Waals surface area (Å²) in [7, 11) is 1.74. The van der Waals surface area contributed by atoms with Crippen molar-refractivity contribution in [1.29, 1.82) is 0 Å². The topological polar surface area (TPSA) is 12.0 Å². The van der Waals surface area contributed by atoms with Crippen LogP contribution in [-0.4, -0.2) is 7.05 Å². The highest BCUT2D eigenvalue weighted by molar-refractivity contribution is 9.10. The third-order valence-electron chi connectivity index (χ3n) is 3.28. The molecule has 2 aromatic rings. The fourth-order valence-corrected chi connectivity index (χ4v) is 3.00. The van der Waals surface area contributed by atoms with Gasteiger partial charge >= 0.3 is 0 Å². The Kier molecular flexibility index (Phi) is 4.55. The van der Waals surface area contributed by atoms with E-state index in [9.17, 15) is 8.78 Å². The van der Waals surface area contributed by atoms with Crippen molar-refractivity contribution in [1.82, 2.24) is 5.32 Å². The van der Waals surface area contributed by atoms with Crippen LogP contribution in [0.3, 0.4) is 0 Å². The van der Waals surface area contributed by atoms with Gasteiger partial charge in [0.2, 0.25) is 0 Å². The Balaban J connectivity index is 2.58. The molecule has 1 N–H and O–H groups in total. The lowest BCUT2D eigenvalue weighted by atomic mass is 9.93. The minimum absolute atomic E-state index is 0.276. The number of nitrogens with one attached hydrogen (secondary N) is 1. The molecule has 2 rings (SSSR count). The molecule has 0 aromatic heterocycles. The van der Waals surface area contributed by atoms with E-state index in [-0.39, 0.29) is 17.7 Å². The zero-order valence-electron chi connectivity index (χ0n) is 11.6. The predicted octanol–water partition coefficient (Wildman–Crippen LogP) is 4.65. The van der Waals surface area contributed by atoms with Gasteiger partial charge in [-0.15, -0.1) is 0 Å². The molecule has 0 aliphatic rings. The Morgan fingerprint density at radius 1 is 1.05 bits per heavy atom. The van der Waals surface area contributed by atoms with Crippen molar-refractivity contribution in [3.8, 4) is 0 Å². The first kappa shape index (κ1) is 15.1. The Morgan fingerprint density at radius 3 is 2.30 bits per heavy atom. The van der Waals surface area contributed by atoms with Crippen molar-refractivity contribution in [3.05, 3.63) is 68.7 Å². The van der Waals surface area contributed by atoms with Crippen molar-refractivity contribution in [3.63, 3.8) is 0 Å². The smallest absolute Gasteiger partial charge is 0.128 e. The Labute approximate surface area is 126 Å². The van der Waals surface area contributed by atoms with Crippen LogP contribution in [0.25, 0.3) is 0 Å². The van der Waals surface area contributed by atoms with Gasteiger partial charge in [0, 0.05) is 10.0 Å². The largest absolute Gasteiger partial charge is 0.309 e. The molecule has 0 radical (unpaired) electrons. The summed E-state index contributed by atoms with van der Waals surface area (Å²) in [6, 6.07) is 7.64. The van der Waals surface area contributed by atoms with E-state index >= 15 is 0 Å². The summed E-state index contributed by atoms with van der Waals surface area (Å²) in [5.74, 6) is -0.623. The molecule has 0 heterocycles. The second-order valence-corrected chi connectivity index (χ2v) is 5.82. The summed E-state index contributed by atoms with van der Waals surface area (Å²) < 4.78 is 28.5. The molecule has 0 amide bonds. The fourth-order valence-electron chi connectivity index (χ4n) is 2.51. The maximum atomic E-state index is 14.3. The molecular formula is C16H16BrF2N. The number of halogens is 3. The lowest BCUT2D eigenvalue weighted by Gasteiger charge is -2.21. The van der Waals surface area contributed by atoms with Gasteiger partial charge in [0.25, 0.3) is 0 Å². The molecule has 0 saturated heterocycles. The molecule has 0 spiro atoms. The van der Waals surface area contributed by atoms with E-state index in [0.29, 0.717) is 15.6 Å². The van der Waals surface area contributed by atoms with Crippen LogP contribution in [0, 0.1) is 25.5 Å². The van der Waals surface area contributed by atoms with E-state index in [4.69, 9.17) is 0 Å². The van der Waals surface area contributed by atoms with E-state index in [0.717, 1.165) is 11.1 Å². The highest BCUT2D eigenvalue weighted by Crippen LogP contribution is 2.30. The standard InChI is InChI=1S/C16H16BrF2N/c1-9-4-10(2)15(14(19)5-9)16(20-3)11-6-12(17)8-13(18)7-11/h4-8,16,20H,1-3H3. The molecule has 20 heavy (non-hydrogen) atoms. The van der Waals surface area contributed by atoms with Crippen LogP contribution in [0.2, 0.25) is 0 Å². The van der Waals surface area contributed by atoms with Crippen molar-refractivity contribution in [2.24, 2.45) is 0 Å². The minimum Gasteiger partial charge on any atom is -0.309 e. The van der Waals surface area contributed by atoms with E-state index < -0.39 is 0 Å². The average molecular weight is 340 g/mol. The molecule has 1 nitrogen and oxygen atoms in total. The SMILES string of the molecule is CNC(c1cc(F)cc(Br)c1)c1c(C)cc(C)cc1F. The lowest BCUT2D eigenvalue weighted by molar-refractivity contribution is 0.567. The minimum atomic E-state index is -0.386. The van der Waals surface area contributed by atoms with Gasteiger partial charge in [0.05, 0.1) is 6.04 Å². The Bertz CT molecular complexity index is 597. The first-order valence-electron chi connectivity index (χ1n) is 6.32. The Morgan fingerprint density at radius 2 is 1.75 bits per heavy atom. The maximum absolute atomic E-state index is 14.3. The summed E-state index contributed by atoms with van der Waals surface area (Å²) in [4.78, 5) is 0. The highest BCUT2D eigenvalue weighted by Gasteiger charge is 2.20. The van der Waals surface area contributed by atoms with Crippen LogP contribution in [0.4, 0.5) is 8.78 Å². The van der Waals surface area contributed by atoms with Gasteiger partial charge in [-0.05, 0) is 61.9 Å². The predicted molar refractivity (Wildman–Crippen MR) is 80.9 cm³/mol. The number of aryl methyl sites for hydroxylation is 2. The molecule has 2 aromatic carbocycles. The first-order valence-corrected chi connectivity index (χ1v) is 7.11. The third kappa shape index (κ3) is 3.07. The van der Waals surface area contributed by atoms with Crippen molar-refractivity contribution in [2.75, 3.05) is 7.05 Å². The van der Waals surface area contributed by atoms with Gasteiger partial charge in [-0.3, -0.25) is 0 Å². The summed E-state index contributed by atoms with van der Waals surface area (Å²) >= 11 is 3.27. The molecular weight excluding hydrogens is 324 g/mol. The zero-order valence-corrected chi connectivity index (χ0v) is 13.2. The molecule has 0 bridgehead atoms. The van der Waals surface area contributed by atoms with E-state index in [1.807, 2.05) is 19.9 Å². The van der Waals surface area contributed by atoms with Crippen LogP contribution in [0.1, 0.15) is 28.3 Å². The summed E-state index contributed by atoms with van der Waals surface area (Å²) in [5, 5.41) is 3.06. The molecule has 1 unspecified atom stereocenters.